The van der Waals surface area contributed by atoms with Crippen LogP contribution in [0.4, 0.5) is 0 Å². The minimum atomic E-state index is 0.441. The highest BCUT2D eigenvalue weighted by Gasteiger charge is 2.34. The second kappa shape index (κ2) is 6.35. The lowest BCUT2D eigenvalue weighted by Gasteiger charge is -2.42. The summed E-state index contributed by atoms with van der Waals surface area (Å²) in [6.07, 6.45) is 6.46. The fourth-order valence-electron chi connectivity index (χ4n) is 2.78. The molecule has 1 aromatic carbocycles. The average molecular weight is 246 g/mol. The standard InChI is InChI=1S/C16H26N2/c1-3-16(10-6-11-16)18-13-15-8-5-4-7-14(15)9-12-17-2/h4-5,7-8,17-18H,3,6,9-13H2,1-2H3. The molecule has 2 nitrogen and oxygen atoms in total. The van der Waals surface area contributed by atoms with Gasteiger partial charge in [-0.1, -0.05) is 31.2 Å². The highest BCUT2D eigenvalue weighted by Crippen LogP contribution is 2.34. The maximum Gasteiger partial charge on any atom is 0.0213 e. The van der Waals surface area contributed by atoms with Crippen LogP contribution in [0.2, 0.25) is 0 Å². The van der Waals surface area contributed by atoms with Crippen LogP contribution in [-0.4, -0.2) is 19.1 Å². The molecule has 0 heterocycles. The smallest absolute Gasteiger partial charge is 0.0213 e. The van der Waals surface area contributed by atoms with Crippen LogP contribution in [0.1, 0.15) is 43.7 Å². The molecule has 0 bridgehead atoms. The minimum Gasteiger partial charge on any atom is -0.319 e. The van der Waals surface area contributed by atoms with E-state index in [4.69, 9.17) is 0 Å². The number of nitrogens with one attached hydrogen (secondary N) is 2. The number of hydrogen-bond donors (Lipinski definition) is 2. The van der Waals surface area contributed by atoms with Crippen molar-refractivity contribution in [3.05, 3.63) is 35.4 Å². The van der Waals surface area contributed by atoms with E-state index in [2.05, 4.69) is 41.8 Å². The molecule has 1 aromatic rings. The molecule has 1 saturated carbocycles. The van der Waals surface area contributed by atoms with Crippen molar-refractivity contribution in [3.63, 3.8) is 0 Å². The molecule has 0 atom stereocenters. The van der Waals surface area contributed by atoms with Crippen molar-refractivity contribution in [2.45, 2.75) is 51.1 Å². The Morgan fingerprint density at radius 2 is 1.89 bits per heavy atom. The van der Waals surface area contributed by atoms with Gasteiger partial charge in [0, 0.05) is 12.1 Å². The van der Waals surface area contributed by atoms with Gasteiger partial charge in [-0.05, 0) is 56.8 Å². The Balaban J connectivity index is 1.95. The number of likely N-dealkylation sites (N-methyl/N-ethyl adjacent to an activating group) is 1. The summed E-state index contributed by atoms with van der Waals surface area (Å²) in [7, 11) is 2.02. The molecule has 2 rings (SSSR count). The first-order valence-corrected chi connectivity index (χ1v) is 7.26. The topological polar surface area (TPSA) is 24.1 Å². The van der Waals surface area contributed by atoms with E-state index < -0.39 is 0 Å². The number of benzene rings is 1. The SMILES string of the molecule is CCC1(NCc2ccccc2CCNC)CCC1. The molecular weight excluding hydrogens is 220 g/mol. The van der Waals surface area contributed by atoms with Crippen LogP contribution in [0, 0.1) is 0 Å². The van der Waals surface area contributed by atoms with Crippen LogP contribution < -0.4 is 10.6 Å². The van der Waals surface area contributed by atoms with Crippen molar-refractivity contribution in [1.29, 1.82) is 0 Å². The zero-order valence-electron chi connectivity index (χ0n) is 11.8. The van der Waals surface area contributed by atoms with Gasteiger partial charge in [0.05, 0.1) is 0 Å². The van der Waals surface area contributed by atoms with Crippen molar-refractivity contribution in [1.82, 2.24) is 10.6 Å². The molecule has 2 heteroatoms. The maximum absolute atomic E-state index is 3.79. The third kappa shape index (κ3) is 3.12. The summed E-state index contributed by atoms with van der Waals surface area (Å²) in [6, 6.07) is 8.82. The van der Waals surface area contributed by atoms with Gasteiger partial charge in [0.1, 0.15) is 0 Å². The van der Waals surface area contributed by atoms with E-state index in [0.717, 1.165) is 19.5 Å². The van der Waals surface area contributed by atoms with E-state index in [1.54, 1.807) is 0 Å². The molecule has 0 aliphatic heterocycles. The van der Waals surface area contributed by atoms with E-state index in [1.165, 1.54) is 36.8 Å². The summed E-state index contributed by atoms with van der Waals surface area (Å²) in [5.41, 5.74) is 3.38. The van der Waals surface area contributed by atoms with Crippen LogP contribution in [-0.2, 0) is 13.0 Å². The lowest BCUT2D eigenvalue weighted by atomic mass is 9.74. The zero-order valence-corrected chi connectivity index (χ0v) is 11.8. The largest absolute Gasteiger partial charge is 0.319 e. The third-order valence-corrected chi connectivity index (χ3v) is 4.40. The Morgan fingerprint density at radius 1 is 1.17 bits per heavy atom. The van der Waals surface area contributed by atoms with Crippen LogP contribution in [0.5, 0.6) is 0 Å². The molecule has 0 amide bonds. The van der Waals surface area contributed by atoms with Gasteiger partial charge < -0.3 is 10.6 Å². The Morgan fingerprint density at radius 3 is 2.44 bits per heavy atom. The molecule has 0 saturated heterocycles. The summed E-state index contributed by atoms with van der Waals surface area (Å²) in [4.78, 5) is 0. The van der Waals surface area contributed by atoms with Crippen molar-refractivity contribution in [2.24, 2.45) is 0 Å². The molecule has 1 fully saturated rings. The summed E-state index contributed by atoms with van der Waals surface area (Å²) in [6.45, 7) is 4.38. The predicted octanol–water partition coefficient (Wildman–Crippen LogP) is 2.87. The molecule has 100 valence electrons. The molecule has 1 aliphatic carbocycles. The van der Waals surface area contributed by atoms with Crippen LogP contribution in [0.3, 0.4) is 0 Å². The first-order valence-electron chi connectivity index (χ1n) is 7.26. The van der Waals surface area contributed by atoms with Crippen LogP contribution in [0.25, 0.3) is 0 Å². The van der Waals surface area contributed by atoms with Gasteiger partial charge in [-0.2, -0.15) is 0 Å². The molecule has 18 heavy (non-hydrogen) atoms. The molecular formula is C16H26N2. The predicted molar refractivity (Wildman–Crippen MR) is 77.8 cm³/mol. The molecule has 0 unspecified atom stereocenters. The maximum atomic E-state index is 3.79. The Hall–Kier alpha value is -0.860. The number of hydrogen-bond acceptors (Lipinski definition) is 2. The molecule has 0 radical (unpaired) electrons. The van der Waals surface area contributed by atoms with E-state index in [0.29, 0.717) is 5.54 Å². The lowest BCUT2D eigenvalue weighted by Crippen LogP contribution is -2.49. The van der Waals surface area contributed by atoms with E-state index in [9.17, 15) is 0 Å². The summed E-state index contributed by atoms with van der Waals surface area (Å²) < 4.78 is 0. The van der Waals surface area contributed by atoms with Gasteiger partial charge in [-0.25, -0.2) is 0 Å². The first kappa shape index (κ1) is 13.6. The van der Waals surface area contributed by atoms with Gasteiger partial charge in [0.2, 0.25) is 0 Å². The van der Waals surface area contributed by atoms with Crippen molar-refractivity contribution in [3.8, 4) is 0 Å². The van der Waals surface area contributed by atoms with Crippen molar-refractivity contribution < 1.29 is 0 Å². The fourth-order valence-corrected chi connectivity index (χ4v) is 2.78. The molecule has 0 aromatic heterocycles. The van der Waals surface area contributed by atoms with Crippen molar-refractivity contribution >= 4 is 0 Å². The quantitative estimate of drug-likeness (QED) is 0.773. The summed E-state index contributed by atoms with van der Waals surface area (Å²) >= 11 is 0. The normalized spacial score (nSPS) is 17.4. The van der Waals surface area contributed by atoms with Crippen molar-refractivity contribution in [2.75, 3.05) is 13.6 Å². The minimum absolute atomic E-state index is 0.441. The fraction of sp³-hybridized carbons (Fsp3) is 0.625. The monoisotopic (exact) mass is 246 g/mol. The second-order valence-corrected chi connectivity index (χ2v) is 5.46. The van der Waals surface area contributed by atoms with E-state index in [1.807, 2.05) is 7.05 Å². The Kier molecular flexibility index (Phi) is 4.79. The Labute approximate surface area is 111 Å². The van der Waals surface area contributed by atoms with Gasteiger partial charge >= 0.3 is 0 Å². The highest BCUT2D eigenvalue weighted by molar-refractivity contribution is 5.27. The Bertz CT molecular complexity index is 364. The molecule has 2 N–H and O–H groups in total. The third-order valence-electron chi connectivity index (χ3n) is 4.40. The van der Waals surface area contributed by atoms with Crippen LogP contribution >= 0.6 is 0 Å². The van der Waals surface area contributed by atoms with Gasteiger partial charge in [-0.15, -0.1) is 0 Å². The van der Waals surface area contributed by atoms with Crippen LogP contribution in [0.15, 0.2) is 24.3 Å². The van der Waals surface area contributed by atoms with E-state index in [-0.39, 0.29) is 0 Å². The molecule has 0 spiro atoms. The highest BCUT2D eigenvalue weighted by atomic mass is 15.0. The first-order chi connectivity index (χ1) is 8.79. The average Bonchev–Trinajstić information content (AvgIpc) is 2.37. The van der Waals surface area contributed by atoms with E-state index >= 15 is 0 Å². The van der Waals surface area contributed by atoms with Gasteiger partial charge in [0.15, 0.2) is 0 Å². The second-order valence-electron chi connectivity index (χ2n) is 5.46. The summed E-state index contributed by atoms with van der Waals surface area (Å²) in [5.74, 6) is 0. The van der Waals surface area contributed by atoms with Gasteiger partial charge in [-0.3, -0.25) is 0 Å². The van der Waals surface area contributed by atoms with Gasteiger partial charge in [0.25, 0.3) is 0 Å². The lowest BCUT2D eigenvalue weighted by molar-refractivity contribution is 0.175. The number of rotatable bonds is 7. The zero-order chi connectivity index (χ0) is 12.8. The molecule has 1 aliphatic rings. The summed E-state index contributed by atoms with van der Waals surface area (Å²) in [5, 5.41) is 7.02.